The minimum atomic E-state index is -1.13. The predicted octanol–water partition coefficient (Wildman–Crippen LogP) is 3.70. The van der Waals surface area contributed by atoms with E-state index in [0.29, 0.717) is 13.0 Å². The Kier molecular flexibility index (Phi) is 7.99. The summed E-state index contributed by atoms with van der Waals surface area (Å²) in [5.41, 5.74) is 5.15. The number of carboxylic acids is 1. The van der Waals surface area contributed by atoms with Crippen LogP contribution in [0.25, 0.3) is 0 Å². The third-order valence-electron chi connectivity index (χ3n) is 7.11. The van der Waals surface area contributed by atoms with Crippen LogP contribution < -0.4 is 5.32 Å². The molecule has 0 aliphatic carbocycles. The van der Waals surface area contributed by atoms with Gasteiger partial charge in [0.05, 0.1) is 24.3 Å². The van der Waals surface area contributed by atoms with Gasteiger partial charge in [0.2, 0.25) is 11.8 Å². The van der Waals surface area contributed by atoms with E-state index in [1.54, 1.807) is 11.2 Å². The SMILES string of the molecule is CC(NC(=O)C1Cc2ncn(Cc3ccc(C(C)(C)C)cc3)c2CN1C(=O)CCc1ccccc1)C(=O)O. The first-order valence-corrected chi connectivity index (χ1v) is 13.0. The number of aliphatic carboxylic acids is 1. The Hall–Kier alpha value is -3.94. The van der Waals surface area contributed by atoms with Gasteiger partial charge in [-0.05, 0) is 35.4 Å². The number of imidazole rings is 1. The summed E-state index contributed by atoms with van der Waals surface area (Å²) in [6, 6.07) is 16.4. The average Bonchev–Trinajstić information content (AvgIpc) is 3.28. The Labute approximate surface area is 223 Å². The molecule has 1 aromatic heterocycles. The number of amides is 2. The van der Waals surface area contributed by atoms with Gasteiger partial charge in [-0.2, -0.15) is 0 Å². The highest BCUT2D eigenvalue weighted by molar-refractivity contribution is 5.91. The molecule has 0 spiro atoms. The molecule has 38 heavy (non-hydrogen) atoms. The number of hydrogen-bond donors (Lipinski definition) is 2. The zero-order valence-corrected chi connectivity index (χ0v) is 22.5. The predicted molar refractivity (Wildman–Crippen MR) is 145 cm³/mol. The Bertz CT molecular complexity index is 1290. The molecule has 2 atom stereocenters. The van der Waals surface area contributed by atoms with Crippen LogP contribution in [0, 0.1) is 0 Å². The van der Waals surface area contributed by atoms with Crippen LogP contribution in [0.3, 0.4) is 0 Å². The van der Waals surface area contributed by atoms with Gasteiger partial charge in [-0.15, -0.1) is 0 Å². The van der Waals surface area contributed by atoms with Crippen LogP contribution in [0.1, 0.15) is 62.2 Å². The van der Waals surface area contributed by atoms with Crippen molar-refractivity contribution in [2.75, 3.05) is 0 Å². The third kappa shape index (κ3) is 6.30. The van der Waals surface area contributed by atoms with E-state index in [0.717, 1.165) is 22.5 Å². The maximum absolute atomic E-state index is 13.4. The first kappa shape index (κ1) is 27.1. The molecule has 1 aliphatic rings. The molecule has 2 amide bonds. The molecule has 2 heterocycles. The molecule has 0 bridgehead atoms. The van der Waals surface area contributed by atoms with E-state index in [-0.39, 0.29) is 30.7 Å². The smallest absolute Gasteiger partial charge is 0.325 e. The maximum atomic E-state index is 13.4. The summed E-state index contributed by atoms with van der Waals surface area (Å²) in [7, 11) is 0. The highest BCUT2D eigenvalue weighted by Gasteiger charge is 2.37. The minimum Gasteiger partial charge on any atom is -0.480 e. The standard InChI is InChI=1S/C30H36N4O4/c1-20(29(37)38)32-28(36)25-16-24-26(18-34(25)27(35)15-12-21-8-6-5-7-9-21)33(19-31-24)17-22-10-13-23(14-11-22)30(2,3)4/h5-11,13-14,19-20,25H,12,15-18H2,1-4H3,(H,32,36)(H,37,38). The van der Waals surface area contributed by atoms with Gasteiger partial charge in [0, 0.05) is 19.4 Å². The van der Waals surface area contributed by atoms with Gasteiger partial charge in [-0.3, -0.25) is 14.4 Å². The van der Waals surface area contributed by atoms with Gasteiger partial charge < -0.3 is 19.9 Å². The summed E-state index contributed by atoms with van der Waals surface area (Å²) in [5.74, 6) is -1.76. The van der Waals surface area contributed by atoms with Crippen molar-refractivity contribution in [2.45, 2.75) is 77.5 Å². The summed E-state index contributed by atoms with van der Waals surface area (Å²) in [6.45, 7) is 8.80. The topological polar surface area (TPSA) is 105 Å². The number of hydrogen-bond acceptors (Lipinski definition) is 4. The molecule has 3 aromatic rings. The highest BCUT2D eigenvalue weighted by Crippen LogP contribution is 2.26. The highest BCUT2D eigenvalue weighted by atomic mass is 16.4. The summed E-state index contributed by atoms with van der Waals surface area (Å²) < 4.78 is 2.03. The van der Waals surface area contributed by atoms with E-state index < -0.39 is 24.0 Å². The lowest BCUT2D eigenvalue weighted by Gasteiger charge is -2.35. The van der Waals surface area contributed by atoms with Crippen LogP contribution in [0.5, 0.6) is 0 Å². The van der Waals surface area contributed by atoms with Crippen molar-refractivity contribution in [3.8, 4) is 0 Å². The quantitative estimate of drug-likeness (QED) is 0.475. The monoisotopic (exact) mass is 516 g/mol. The number of rotatable bonds is 8. The van der Waals surface area contributed by atoms with Gasteiger partial charge in [-0.25, -0.2) is 4.98 Å². The number of nitrogens with zero attached hydrogens (tertiary/aromatic N) is 3. The van der Waals surface area contributed by atoms with Crippen LogP contribution in [0.15, 0.2) is 60.9 Å². The fourth-order valence-corrected chi connectivity index (χ4v) is 4.72. The molecule has 1 aliphatic heterocycles. The van der Waals surface area contributed by atoms with E-state index >= 15 is 0 Å². The maximum Gasteiger partial charge on any atom is 0.325 e. The van der Waals surface area contributed by atoms with Crippen molar-refractivity contribution in [3.63, 3.8) is 0 Å². The van der Waals surface area contributed by atoms with Crippen molar-refractivity contribution in [1.82, 2.24) is 19.8 Å². The summed E-state index contributed by atoms with van der Waals surface area (Å²) in [5, 5.41) is 11.8. The summed E-state index contributed by atoms with van der Waals surface area (Å²) in [6.07, 6.45) is 2.80. The van der Waals surface area contributed by atoms with Crippen LogP contribution in [-0.2, 0) is 45.7 Å². The third-order valence-corrected chi connectivity index (χ3v) is 7.11. The molecule has 2 aromatic carbocycles. The summed E-state index contributed by atoms with van der Waals surface area (Å²) in [4.78, 5) is 44.0. The molecule has 8 nitrogen and oxygen atoms in total. The van der Waals surface area contributed by atoms with Crippen LogP contribution in [0.2, 0.25) is 0 Å². The van der Waals surface area contributed by atoms with Gasteiger partial charge in [0.25, 0.3) is 0 Å². The molecule has 0 fully saturated rings. The lowest BCUT2D eigenvalue weighted by Crippen LogP contribution is -2.55. The molecule has 2 unspecified atom stereocenters. The number of carbonyl (C=O) groups is 3. The second kappa shape index (κ2) is 11.2. The van der Waals surface area contributed by atoms with Crippen LogP contribution in [-0.4, -0.2) is 49.4 Å². The van der Waals surface area contributed by atoms with E-state index in [1.165, 1.54) is 12.5 Å². The summed E-state index contributed by atoms with van der Waals surface area (Å²) >= 11 is 0. The normalized spacial score (nSPS) is 16.0. The lowest BCUT2D eigenvalue weighted by molar-refractivity contribution is -0.145. The van der Waals surface area contributed by atoms with Gasteiger partial charge in [0.15, 0.2) is 0 Å². The molecule has 0 saturated heterocycles. The molecular weight excluding hydrogens is 480 g/mol. The van der Waals surface area contributed by atoms with E-state index in [4.69, 9.17) is 0 Å². The second-order valence-electron chi connectivity index (χ2n) is 11.0. The second-order valence-corrected chi connectivity index (χ2v) is 11.0. The number of aryl methyl sites for hydroxylation is 1. The molecular formula is C30H36N4O4. The Morgan fingerprint density at radius 3 is 2.37 bits per heavy atom. The molecule has 200 valence electrons. The average molecular weight is 517 g/mol. The van der Waals surface area contributed by atoms with E-state index in [1.807, 2.05) is 34.9 Å². The van der Waals surface area contributed by atoms with Crippen molar-refractivity contribution < 1.29 is 19.5 Å². The zero-order chi connectivity index (χ0) is 27.4. The fraction of sp³-hybridized carbons (Fsp3) is 0.400. The number of carboxylic acid groups (broad SMARTS) is 1. The number of benzene rings is 2. The molecule has 0 radical (unpaired) electrons. The first-order valence-electron chi connectivity index (χ1n) is 13.0. The number of fused-ring (bicyclic) bond motifs is 1. The van der Waals surface area contributed by atoms with Gasteiger partial charge >= 0.3 is 5.97 Å². The van der Waals surface area contributed by atoms with E-state index in [2.05, 4.69) is 55.3 Å². The van der Waals surface area contributed by atoms with Gasteiger partial charge in [-0.1, -0.05) is 75.4 Å². The minimum absolute atomic E-state index is 0.0705. The lowest BCUT2D eigenvalue weighted by atomic mass is 9.87. The number of nitrogens with one attached hydrogen (secondary N) is 1. The molecule has 4 rings (SSSR count). The first-order chi connectivity index (χ1) is 18.0. The Balaban J connectivity index is 1.56. The van der Waals surface area contributed by atoms with Crippen molar-refractivity contribution in [3.05, 3.63) is 89.0 Å². The molecule has 2 N–H and O–H groups in total. The van der Waals surface area contributed by atoms with Crippen LogP contribution >= 0.6 is 0 Å². The number of aromatic nitrogens is 2. The molecule has 8 heteroatoms. The zero-order valence-electron chi connectivity index (χ0n) is 22.5. The largest absolute Gasteiger partial charge is 0.480 e. The van der Waals surface area contributed by atoms with Crippen molar-refractivity contribution in [2.24, 2.45) is 0 Å². The van der Waals surface area contributed by atoms with Crippen LogP contribution in [0.4, 0.5) is 0 Å². The fourth-order valence-electron chi connectivity index (χ4n) is 4.72. The molecule has 0 saturated carbocycles. The van der Waals surface area contributed by atoms with Gasteiger partial charge in [0.1, 0.15) is 12.1 Å². The van der Waals surface area contributed by atoms with E-state index in [9.17, 15) is 19.5 Å². The van der Waals surface area contributed by atoms with Crippen molar-refractivity contribution >= 4 is 17.8 Å². The van der Waals surface area contributed by atoms with Crippen molar-refractivity contribution in [1.29, 1.82) is 0 Å². The number of carbonyl (C=O) groups excluding carboxylic acids is 2. The Morgan fingerprint density at radius 1 is 1.05 bits per heavy atom. The Morgan fingerprint density at radius 2 is 1.74 bits per heavy atom.